The van der Waals surface area contributed by atoms with Gasteiger partial charge in [0.05, 0.1) is 11.4 Å². The van der Waals surface area contributed by atoms with Crippen molar-refractivity contribution < 1.29 is 12.8 Å². The summed E-state index contributed by atoms with van der Waals surface area (Å²) in [6.45, 7) is 11.2. The van der Waals surface area contributed by atoms with Crippen molar-refractivity contribution >= 4 is 15.7 Å². The summed E-state index contributed by atoms with van der Waals surface area (Å²) in [7, 11) is -3.87. The van der Waals surface area contributed by atoms with E-state index in [1.54, 1.807) is 17.7 Å². The van der Waals surface area contributed by atoms with Crippen LogP contribution in [0.2, 0.25) is 0 Å². The summed E-state index contributed by atoms with van der Waals surface area (Å²) in [5, 5.41) is 4.44. The van der Waals surface area contributed by atoms with E-state index in [1.807, 2.05) is 34.6 Å². The standard InChI is InChI=1S/C17H24FN3O2S/c1-11(2)21-10-15(16(19-21)17(4,5)6)24(22,23)20-13-8-7-12(3)14(18)9-13/h7-11,20H,1-6H3. The Morgan fingerprint density at radius 3 is 2.38 bits per heavy atom. The number of hydrogen-bond acceptors (Lipinski definition) is 3. The third kappa shape index (κ3) is 3.77. The fraction of sp³-hybridized carbons (Fsp3) is 0.471. The van der Waals surface area contributed by atoms with Gasteiger partial charge in [-0.05, 0) is 38.5 Å². The van der Waals surface area contributed by atoms with E-state index in [2.05, 4.69) is 9.82 Å². The second kappa shape index (κ2) is 6.20. The maximum Gasteiger partial charge on any atom is 0.265 e. The molecule has 0 saturated heterocycles. The SMILES string of the molecule is Cc1ccc(NS(=O)(=O)c2cn(C(C)C)nc2C(C)(C)C)cc1F. The van der Waals surface area contributed by atoms with Crippen LogP contribution >= 0.6 is 0 Å². The zero-order chi connectivity index (χ0) is 18.3. The largest absolute Gasteiger partial charge is 0.279 e. The molecule has 0 unspecified atom stereocenters. The minimum atomic E-state index is -3.87. The number of rotatable bonds is 4. The van der Waals surface area contributed by atoms with Crippen LogP contribution in [0.1, 0.15) is 51.9 Å². The molecular weight excluding hydrogens is 329 g/mol. The van der Waals surface area contributed by atoms with Gasteiger partial charge >= 0.3 is 0 Å². The van der Waals surface area contributed by atoms with Crippen molar-refractivity contribution in [1.82, 2.24) is 9.78 Å². The topological polar surface area (TPSA) is 64.0 Å². The zero-order valence-corrected chi connectivity index (χ0v) is 15.7. The molecule has 1 aromatic heterocycles. The monoisotopic (exact) mass is 353 g/mol. The lowest BCUT2D eigenvalue weighted by Gasteiger charge is -2.18. The Morgan fingerprint density at radius 2 is 1.88 bits per heavy atom. The van der Waals surface area contributed by atoms with Crippen LogP contribution in [0.25, 0.3) is 0 Å². The molecule has 0 amide bonds. The summed E-state index contributed by atoms with van der Waals surface area (Å²) >= 11 is 0. The Labute approximate surface area is 142 Å². The van der Waals surface area contributed by atoms with Crippen molar-refractivity contribution in [2.45, 2.75) is 57.9 Å². The highest BCUT2D eigenvalue weighted by molar-refractivity contribution is 7.92. The maximum absolute atomic E-state index is 13.7. The Kier molecular flexibility index (Phi) is 4.77. The van der Waals surface area contributed by atoms with E-state index in [0.29, 0.717) is 11.3 Å². The molecule has 7 heteroatoms. The Morgan fingerprint density at radius 1 is 1.25 bits per heavy atom. The molecule has 0 aliphatic heterocycles. The van der Waals surface area contributed by atoms with Crippen LogP contribution in [0.5, 0.6) is 0 Å². The number of aryl methyl sites for hydroxylation is 1. The average molecular weight is 353 g/mol. The third-order valence-electron chi connectivity index (χ3n) is 3.65. The molecule has 24 heavy (non-hydrogen) atoms. The molecule has 132 valence electrons. The molecule has 0 aliphatic rings. The summed E-state index contributed by atoms with van der Waals surface area (Å²) in [5.74, 6) is -0.455. The molecule has 0 radical (unpaired) electrons. The van der Waals surface area contributed by atoms with E-state index in [0.717, 1.165) is 0 Å². The first-order valence-corrected chi connectivity index (χ1v) is 9.29. The molecule has 0 aliphatic carbocycles. The number of halogens is 1. The van der Waals surface area contributed by atoms with E-state index in [9.17, 15) is 12.8 Å². The van der Waals surface area contributed by atoms with Crippen LogP contribution in [0.15, 0.2) is 29.3 Å². The van der Waals surface area contributed by atoms with Gasteiger partial charge in [0, 0.05) is 17.7 Å². The number of nitrogens with one attached hydrogen (secondary N) is 1. The number of sulfonamides is 1. The minimum Gasteiger partial charge on any atom is -0.279 e. The summed E-state index contributed by atoms with van der Waals surface area (Å²) in [6, 6.07) is 4.29. The number of nitrogens with zero attached hydrogens (tertiary/aromatic N) is 2. The molecule has 0 spiro atoms. The molecule has 0 atom stereocenters. The summed E-state index contributed by atoms with van der Waals surface area (Å²) in [5.41, 5.74) is 0.690. The Bertz CT molecular complexity index is 849. The lowest BCUT2D eigenvalue weighted by molar-refractivity contribution is 0.493. The van der Waals surface area contributed by atoms with Crippen LogP contribution in [0, 0.1) is 12.7 Å². The molecule has 0 saturated carbocycles. The van der Waals surface area contributed by atoms with Crippen molar-refractivity contribution in [2.24, 2.45) is 0 Å². The van der Waals surface area contributed by atoms with Crippen LogP contribution < -0.4 is 4.72 Å². The molecule has 5 nitrogen and oxygen atoms in total. The predicted octanol–water partition coefficient (Wildman–Crippen LogP) is 4.01. The van der Waals surface area contributed by atoms with Gasteiger partial charge in [0.2, 0.25) is 0 Å². The maximum atomic E-state index is 13.7. The first kappa shape index (κ1) is 18.4. The highest BCUT2D eigenvalue weighted by atomic mass is 32.2. The zero-order valence-electron chi connectivity index (χ0n) is 14.9. The Hall–Kier alpha value is -1.89. The second-order valence-electron chi connectivity index (χ2n) is 7.24. The molecular formula is C17H24FN3O2S. The van der Waals surface area contributed by atoms with Crippen molar-refractivity contribution in [2.75, 3.05) is 4.72 Å². The van der Waals surface area contributed by atoms with Crippen LogP contribution in [0.3, 0.4) is 0 Å². The smallest absolute Gasteiger partial charge is 0.265 e. The highest BCUT2D eigenvalue weighted by Gasteiger charge is 2.30. The van der Waals surface area contributed by atoms with Crippen molar-refractivity contribution in [3.63, 3.8) is 0 Å². The lowest BCUT2D eigenvalue weighted by Crippen LogP contribution is -2.20. The predicted molar refractivity (Wildman–Crippen MR) is 93.3 cm³/mol. The van der Waals surface area contributed by atoms with Gasteiger partial charge in [-0.2, -0.15) is 5.10 Å². The number of benzene rings is 1. The van der Waals surface area contributed by atoms with Crippen LogP contribution in [-0.2, 0) is 15.4 Å². The van der Waals surface area contributed by atoms with Crippen LogP contribution in [0.4, 0.5) is 10.1 Å². The lowest BCUT2D eigenvalue weighted by atomic mass is 9.92. The van der Waals surface area contributed by atoms with Crippen LogP contribution in [-0.4, -0.2) is 18.2 Å². The molecule has 1 aromatic carbocycles. The number of hydrogen-bond donors (Lipinski definition) is 1. The van der Waals surface area contributed by atoms with Crippen molar-refractivity contribution in [3.8, 4) is 0 Å². The fourth-order valence-electron chi connectivity index (χ4n) is 2.22. The van der Waals surface area contributed by atoms with E-state index < -0.39 is 21.3 Å². The molecule has 1 N–H and O–H groups in total. The Balaban J connectivity index is 2.50. The molecule has 1 heterocycles. The van der Waals surface area contributed by atoms with E-state index >= 15 is 0 Å². The van der Waals surface area contributed by atoms with Gasteiger partial charge in [-0.15, -0.1) is 0 Å². The van der Waals surface area contributed by atoms with Gasteiger partial charge in [-0.1, -0.05) is 26.8 Å². The fourth-order valence-corrected chi connectivity index (χ4v) is 3.62. The first-order valence-electron chi connectivity index (χ1n) is 7.80. The highest BCUT2D eigenvalue weighted by Crippen LogP contribution is 2.30. The molecule has 0 bridgehead atoms. The summed E-state index contributed by atoms with van der Waals surface area (Å²) in [4.78, 5) is 0.115. The third-order valence-corrected chi connectivity index (χ3v) is 5.03. The second-order valence-corrected chi connectivity index (χ2v) is 8.89. The molecule has 2 aromatic rings. The van der Waals surface area contributed by atoms with E-state index in [1.165, 1.54) is 18.3 Å². The quantitative estimate of drug-likeness (QED) is 0.903. The first-order chi connectivity index (χ1) is 10.9. The summed E-state index contributed by atoms with van der Waals surface area (Å²) < 4.78 is 43.4. The summed E-state index contributed by atoms with van der Waals surface area (Å²) in [6.07, 6.45) is 1.53. The van der Waals surface area contributed by atoms with E-state index in [4.69, 9.17) is 0 Å². The van der Waals surface area contributed by atoms with Gasteiger partial charge in [0.15, 0.2) is 0 Å². The van der Waals surface area contributed by atoms with Gasteiger partial charge < -0.3 is 0 Å². The van der Waals surface area contributed by atoms with Gasteiger partial charge in [0.1, 0.15) is 10.7 Å². The minimum absolute atomic E-state index is 0.0341. The van der Waals surface area contributed by atoms with E-state index in [-0.39, 0.29) is 16.6 Å². The van der Waals surface area contributed by atoms with Gasteiger partial charge in [-0.3, -0.25) is 9.40 Å². The number of aromatic nitrogens is 2. The van der Waals surface area contributed by atoms with Crippen molar-refractivity contribution in [3.05, 3.63) is 41.5 Å². The molecule has 2 rings (SSSR count). The van der Waals surface area contributed by atoms with Gasteiger partial charge in [0.25, 0.3) is 10.0 Å². The molecule has 0 fully saturated rings. The normalized spacial score (nSPS) is 12.7. The van der Waals surface area contributed by atoms with Gasteiger partial charge in [-0.25, -0.2) is 12.8 Å². The number of anilines is 1. The average Bonchev–Trinajstić information content (AvgIpc) is 2.89. The van der Waals surface area contributed by atoms with Crippen molar-refractivity contribution in [1.29, 1.82) is 0 Å².